The Morgan fingerprint density at radius 2 is 1.43 bits per heavy atom. The third-order valence-corrected chi connectivity index (χ3v) is 1.42. The molecule has 0 atom stereocenters. The molecule has 1 rings (SSSR count). The normalized spacial score (nSPS) is 20.1. The summed E-state index contributed by atoms with van der Waals surface area (Å²) in [4.78, 5) is 0. The summed E-state index contributed by atoms with van der Waals surface area (Å²) in [6, 6.07) is 0. The number of ether oxygens (including phenoxy) is 1. The Morgan fingerprint density at radius 3 is 1.57 bits per heavy atom. The van der Waals surface area contributed by atoms with E-state index in [1.165, 1.54) is 0 Å². The molecule has 0 bridgehead atoms. The zero-order valence-electron chi connectivity index (χ0n) is 10.0. The van der Waals surface area contributed by atoms with Crippen LogP contribution in [0.5, 0.6) is 0 Å². The van der Waals surface area contributed by atoms with Crippen molar-refractivity contribution in [3.05, 3.63) is 5.21 Å². The zero-order chi connectivity index (χ0) is 10.5. The molecule has 1 fully saturated rings. The topological polar surface area (TPSA) is 55.3 Å². The fraction of sp³-hybridized carbons (Fsp3) is 1.00. The third kappa shape index (κ3) is 15.3. The number of nitrogens with zero attached hydrogens (tertiary/aromatic N) is 1. The molecule has 0 aromatic rings. The minimum atomic E-state index is -0.750. The van der Waals surface area contributed by atoms with Crippen molar-refractivity contribution in [3.63, 3.8) is 0 Å². The molecule has 0 saturated carbocycles. The van der Waals surface area contributed by atoms with Crippen molar-refractivity contribution in [2.75, 3.05) is 33.4 Å². The van der Waals surface area contributed by atoms with E-state index < -0.39 is 5.60 Å². The number of quaternary nitrogens is 1. The van der Waals surface area contributed by atoms with Crippen molar-refractivity contribution in [1.29, 1.82) is 0 Å². The van der Waals surface area contributed by atoms with Crippen molar-refractivity contribution in [1.82, 2.24) is 0 Å². The Morgan fingerprint density at radius 1 is 1.14 bits per heavy atom. The number of hydrogen-bond donors (Lipinski definition) is 0. The molecule has 1 saturated heterocycles. The van der Waals surface area contributed by atoms with Gasteiger partial charge in [0.05, 0.1) is 20.3 Å². The van der Waals surface area contributed by atoms with Crippen LogP contribution >= 0.6 is 0 Å². The molecule has 80 valence electrons. The molecule has 0 spiro atoms. The molecule has 0 N–H and O–H groups in total. The summed E-state index contributed by atoms with van der Waals surface area (Å²) in [5, 5.41) is 21.1. The Hall–Kier alpha value is 0.840. The molecule has 1 aliphatic rings. The van der Waals surface area contributed by atoms with Gasteiger partial charge in [0.15, 0.2) is 0 Å². The van der Waals surface area contributed by atoms with Gasteiger partial charge in [-0.05, 0) is 0 Å². The second kappa shape index (κ2) is 7.17. The van der Waals surface area contributed by atoms with Crippen LogP contribution in [0.3, 0.4) is 0 Å². The predicted molar refractivity (Wildman–Crippen MR) is 49.9 cm³/mol. The van der Waals surface area contributed by atoms with Crippen LogP contribution in [0.1, 0.15) is 20.8 Å². The minimum Gasteiger partial charge on any atom is -0.850 e. The van der Waals surface area contributed by atoms with E-state index in [1.54, 1.807) is 27.8 Å². The minimum absolute atomic E-state index is 0. The molecular formula is C9H20NNaO3. The maximum absolute atomic E-state index is 11.0. The zero-order valence-corrected chi connectivity index (χ0v) is 12.0. The number of rotatable bonds is 0. The summed E-state index contributed by atoms with van der Waals surface area (Å²) >= 11 is 0. The van der Waals surface area contributed by atoms with Gasteiger partial charge >= 0.3 is 29.6 Å². The molecule has 4 nitrogen and oxygen atoms in total. The first-order valence-corrected chi connectivity index (χ1v) is 4.54. The quantitative estimate of drug-likeness (QED) is 0.247. The Balaban J connectivity index is 0. The maximum atomic E-state index is 11.0. The maximum Gasteiger partial charge on any atom is 1.00 e. The Kier molecular flexibility index (Phi) is 8.83. The summed E-state index contributed by atoms with van der Waals surface area (Å²) in [5.74, 6) is 0. The van der Waals surface area contributed by atoms with E-state index >= 15 is 0 Å². The fourth-order valence-electron chi connectivity index (χ4n) is 0.729. The van der Waals surface area contributed by atoms with Crippen LogP contribution in [0.15, 0.2) is 0 Å². The first-order valence-electron chi connectivity index (χ1n) is 4.54. The third-order valence-electron chi connectivity index (χ3n) is 1.42. The van der Waals surface area contributed by atoms with Crippen molar-refractivity contribution in [2.24, 2.45) is 0 Å². The van der Waals surface area contributed by atoms with Crippen LogP contribution in [0, 0.1) is 5.21 Å². The SMILES string of the molecule is CC(C)(C)[O-].C[N+]1([O-])CCOCC1.[Na+]. The predicted octanol–water partition coefficient (Wildman–Crippen LogP) is -2.89. The first-order chi connectivity index (χ1) is 5.71. The molecule has 0 amide bonds. The summed E-state index contributed by atoms with van der Waals surface area (Å²) in [7, 11) is 1.68. The second-order valence-electron chi connectivity index (χ2n) is 4.47. The molecule has 0 unspecified atom stereocenters. The molecule has 14 heavy (non-hydrogen) atoms. The van der Waals surface area contributed by atoms with Gasteiger partial charge in [-0.3, -0.25) is 0 Å². The summed E-state index contributed by atoms with van der Waals surface area (Å²) in [5.41, 5.74) is -0.750. The molecule has 0 aromatic carbocycles. The van der Waals surface area contributed by atoms with E-state index in [4.69, 9.17) is 4.74 Å². The van der Waals surface area contributed by atoms with Crippen LogP contribution in [-0.2, 0) is 4.74 Å². The van der Waals surface area contributed by atoms with Gasteiger partial charge in [0.2, 0.25) is 0 Å². The molecule has 0 aromatic heterocycles. The largest absolute Gasteiger partial charge is 1.00 e. The van der Waals surface area contributed by atoms with Crippen molar-refractivity contribution in [3.8, 4) is 0 Å². The monoisotopic (exact) mass is 213 g/mol. The molecular weight excluding hydrogens is 193 g/mol. The molecule has 1 aliphatic heterocycles. The van der Waals surface area contributed by atoms with Gasteiger partial charge < -0.3 is 19.7 Å². The van der Waals surface area contributed by atoms with E-state index in [1.807, 2.05) is 0 Å². The van der Waals surface area contributed by atoms with Crippen LogP contribution in [0.4, 0.5) is 0 Å². The summed E-state index contributed by atoms with van der Waals surface area (Å²) in [6.45, 7) is 7.37. The van der Waals surface area contributed by atoms with Crippen molar-refractivity contribution >= 4 is 0 Å². The van der Waals surface area contributed by atoms with Gasteiger partial charge in [-0.1, -0.05) is 20.8 Å². The number of likely N-dealkylation sites (N-methyl/N-ethyl adjacent to an activating group) is 1. The molecule has 5 heteroatoms. The summed E-state index contributed by atoms with van der Waals surface area (Å²) < 4.78 is 4.86. The Bertz CT molecular complexity index is 131. The van der Waals surface area contributed by atoms with E-state index in [0.29, 0.717) is 26.3 Å². The van der Waals surface area contributed by atoms with E-state index in [2.05, 4.69) is 0 Å². The Labute approximate surface area is 109 Å². The van der Waals surface area contributed by atoms with Crippen molar-refractivity contribution in [2.45, 2.75) is 26.4 Å². The standard InChI is InChI=1S/C5H11NO2.C4H9O.Na/c1-6(7)2-4-8-5-3-6;1-4(2,3)5;/h2-5H2,1H3;1-3H3;/q;-1;+1. The average Bonchev–Trinajstić information content (AvgIpc) is 1.82. The van der Waals surface area contributed by atoms with Crippen LogP contribution in [-0.4, -0.2) is 43.6 Å². The number of morpholine rings is 1. The van der Waals surface area contributed by atoms with Gasteiger partial charge in [0, 0.05) is 0 Å². The fourth-order valence-corrected chi connectivity index (χ4v) is 0.729. The van der Waals surface area contributed by atoms with Crippen LogP contribution < -0.4 is 34.7 Å². The van der Waals surface area contributed by atoms with Gasteiger partial charge in [-0.2, -0.15) is 0 Å². The van der Waals surface area contributed by atoms with E-state index in [0.717, 1.165) is 0 Å². The molecule has 0 aliphatic carbocycles. The molecule has 0 radical (unpaired) electrons. The first kappa shape index (κ1) is 17.2. The van der Waals surface area contributed by atoms with Crippen LogP contribution in [0.25, 0.3) is 0 Å². The number of hydroxylamine groups is 3. The summed E-state index contributed by atoms with van der Waals surface area (Å²) in [6.07, 6.45) is 0. The second-order valence-corrected chi connectivity index (χ2v) is 4.47. The number of hydrogen-bond acceptors (Lipinski definition) is 3. The molecule has 1 heterocycles. The average molecular weight is 213 g/mol. The van der Waals surface area contributed by atoms with Gasteiger partial charge in [-0.15, -0.1) is 5.60 Å². The van der Waals surface area contributed by atoms with Gasteiger partial charge in [0.25, 0.3) is 0 Å². The van der Waals surface area contributed by atoms with Crippen LogP contribution in [0.2, 0.25) is 0 Å². The smallest absolute Gasteiger partial charge is 0.850 e. The van der Waals surface area contributed by atoms with Gasteiger partial charge in [-0.25, -0.2) is 0 Å². The van der Waals surface area contributed by atoms with Crippen molar-refractivity contribution < 1.29 is 44.0 Å². The van der Waals surface area contributed by atoms with Gasteiger partial charge in [0.1, 0.15) is 13.1 Å². The van der Waals surface area contributed by atoms with E-state index in [-0.39, 0.29) is 34.2 Å². The van der Waals surface area contributed by atoms with E-state index in [9.17, 15) is 10.3 Å².